The fraction of sp³-hybridized carbons (Fsp3) is 0.381. The molecule has 34 heavy (non-hydrogen) atoms. The van der Waals surface area contributed by atoms with Crippen LogP contribution in [0.1, 0.15) is 11.3 Å². The Labute approximate surface area is 197 Å². The van der Waals surface area contributed by atoms with Crippen LogP contribution in [-0.2, 0) is 9.53 Å². The number of aliphatic carboxylic acids is 1. The van der Waals surface area contributed by atoms with E-state index in [9.17, 15) is 22.4 Å². The van der Waals surface area contributed by atoms with Crippen molar-refractivity contribution < 1.29 is 41.7 Å². The highest BCUT2D eigenvalue weighted by molar-refractivity contribution is 6.32. The molecule has 0 bridgehead atoms. The van der Waals surface area contributed by atoms with E-state index in [1.807, 2.05) is 26.0 Å². The lowest BCUT2D eigenvalue weighted by Gasteiger charge is -2.32. The van der Waals surface area contributed by atoms with Gasteiger partial charge in [-0.05, 0) is 43.7 Å². The summed E-state index contributed by atoms with van der Waals surface area (Å²) in [4.78, 5) is 27.4. The van der Waals surface area contributed by atoms with Gasteiger partial charge in [0.1, 0.15) is 30.1 Å². The Hall–Kier alpha value is -3.12. The Kier molecular flexibility index (Phi) is 9.45. The number of anilines is 1. The third-order valence-electron chi connectivity index (χ3n) is 4.32. The predicted octanol–water partition coefficient (Wildman–Crippen LogP) is 4.44. The molecule has 1 aromatic heterocycles. The molecule has 0 aliphatic carbocycles. The van der Waals surface area contributed by atoms with Gasteiger partial charge >= 0.3 is 18.2 Å². The van der Waals surface area contributed by atoms with Gasteiger partial charge < -0.3 is 19.5 Å². The number of aromatic nitrogens is 1. The minimum Gasteiger partial charge on any atom is -0.489 e. The molecule has 1 aliphatic heterocycles. The summed E-state index contributed by atoms with van der Waals surface area (Å²) >= 11 is 5.99. The van der Waals surface area contributed by atoms with Gasteiger partial charge in [-0.1, -0.05) is 11.6 Å². The quantitative estimate of drug-likeness (QED) is 0.594. The first kappa shape index (κ1) is 27.1. The van der Waals surface area contributed by atoms with Gasteiger partial charge in [0.15, 0.2) is 0 Å². The predicted molar refractivity (Wildman–Crippen MR) is 115 cm³/mol. The summed E-state index contributed by atoms with van der Waals surface area (Å²) in [6.45, 7) is 5.19. The maximum atomic E-state index is 13.3. The van der Waals surface area contributed by atoms with Gasteiger partial charge in [-0.3, -0.25) is 5.32 Å². The molecule has 1 fully saturated rings. The Bertz CT molecular complexity index is 1000. The average molecular weight is 508 g/mol. The summed E-state index contributed by atoms with van der Waals surface area (Å²) in [5.41, 5.74) is 1.86. The number of hydrogen-bond donors (Lipinski definition) is 2. The maximum Gasteiger partial charge on any atom is 0.490 e. The van der Waals surface area contributed by atoms with Crippen LogP contribution in [0.3, 0.4) is 0 Å². The van der Waals surface area contributed by atoms with Crippen molar-refractivity contribution >= 4 is 29.4 Å². The highest BCUT2D eigenvalue weighted by Crippen LogP contribution is 2.25. The van der Waals surface area contributed by atoms with E-state index in [-0.39, 0.29) is 24.5 Å². The number of aryl methyl sites for hydroxylation is 2. The summed E-state index contributed by atoms with van der Waals surface area (Å²) in [6, 6.07) is 7.43. The highest BCUT2D eigenvalue weighted by Gasteiger charge is 2.38. The smallest absolute Gasteiger partial charge is 0.489 e. The molecule has 2 aromatic rings. The number of nitrogens with zero attached hydrogens (tertiary/aromatic N) is 2. The van der Waals surface area contributed by atoms with Crippen LogP contribution in [0.15, 0.2) is 30.3 Å². The molecule has 1 aromatic carbocycles. The number of ether oxygens (including phenoxy) is 2. The molecule has 1 saturated heterocycles. The fourth-order valence-corrected chi connectivity index (χ4v) is 3.04. The van der Waals surface area contributed by atoms with E-state index in [4.69, 9.17) is 31.0 Å². The third-order valence-corrected chi connectivity index (χ3v) is 4.63. The van der Waals surface area contributed by atoms with Crippen molar-refractivity contribution in [2.45, 2.75) is 26.1 Å². The zero-order valence-electron chi connectivity index (χ0n) is 18.2. The fourth-order valence-electron chi connectivity index (χ4n) is 2.87. The lowest BCUT2D eigenvalue weighted by atomic mass is 10.2. The Balaban J connectivity index is 0.000000509. The molecule has 8 nitrogen and oxygen atoms in total. The minimum atomic E-state index is -5.08. The number of carboxylic acids is 1. The molecule has 186 valence electrons. The second kappa shape index (κ2) is 11.8. The number of rotatable bonds is 4. The molecule has 1 atom stereocenters. The van der Waals surface area contributed by atoms with Crippen molar-refractivity contribution in [2.24, 2.45) is 0 Å². The molecule has 2 heterocycles. The van der Waals surface area contributed by atoms with Crippen LogP contribution >= 0.6 is 11.6 Å². The van der Waals surface area contributed by atoms with Crippen LogP contribution in [0.2, 0.25) is 5.02 Å². The Morgan fingerprint density at radius 2 is 1.97 bits per heavy atom. The largest absolute Gasteiger partial charge is 0.490 e. The van der Waals surface area contributed by atoms with E-state index in [2.05, 4.69) is 10.3 Å². The molecule has 1 unspecified atom stereocenters. The van der Waals surface area contributed by atoms with E-state index in [0.29, 0.717) is 30.5 Å². The molecule has 0 radical (unpaired) electrons. The molecule has 0 spiro atoms. The van der Waals surface area contributed by atoms with Crippen molar-refractivity contribution in [3.63, 3.8) is 0 Å². The van der Waals surface area contributed by atoms with Gasteiger partial charge in [-0.15, -0.1) is 0 Å². The van der Waals surface area contributed by atoms with E-state index >= 15 is 0 Å². The summed E-state index contributed by atoms with van der Waals surface area (Å²) in [7, 11) is 0. The standard InChI is InChI=1S/C19H21ClFN3O3.C2HF3O2/c1-12-7-13(2)22-18(8-12)23-19(25)24-5-6-26-15(10-24)11-27-17-9-14(21)3-4-16(17)20;3-2(4,5)1(6)7/h3-4,7-9,15H,5-6,10-11H2,1-2H3,(H,22,23,25);(H,6,7). The number of carboxylic acid groups (broad SMARTS) is 1. The van der Waals surface area contributed by atoms with E-state index in [1.165, 1.54) is 18.2 Å². The Morgan fingerprint density at radius 3 is 2.59 bits per heavy atom. The number of morpholine rings is 1. The molecule has 2 amide bonds. The number of hydrogen-bond acceptors (Lipinski definition) is 5. The Morgan fingerprint density at radius 1 is 1.29 bits per heavy atom. The first-order valence-corrected chi connectivity index (χ1v) is 10.2. The number of amides is 2. The van der Waals surface area contributed by atoms with E-state index < -0.39 is 18.0 Å². The van der Waals surface area contributed by atoms with E-state index in [0.717, 1.165) is 11.3 Å². The molecule has 1 aliphatic rings. The minimum absolute atomic E-state index is 0.161. The first-order chi connectivity index (χ1) is 15.8. The van der Waals surface area contributed by atoms with Crippen LogP contribution in [0.5, 0.6) is 5.75 Å². The number of alkyl halides is 3. The highest BCUT2D eigenvalue weighted by atomic mass is 35.5. The van der Waals surface area contributed by atoms with Crippen molar-refractivity contribution in [3.8, 4) is 5.75 Å². The lowest BCUT2D eigenvalue weighted by molar-refractivity contribution is -0.192. The van der Waals surface area contributed by atoms with Crippen LogP contribution < -0.4 is 10.1 Å². The number of urea groups is 1. The molecule has 13 heteroatoms. The number of carbonyl (C=O) groups is 2. The van der Waals surface area contributed by atoms with Gasteiger partial charge in [0.25, 0.3) is 0 Å². The zero-order chi connectivity index (χ0) is 25.5. The van der Waals surface area contributed by atoms with Crippen LogP contribution in [0.25, 0.3) is 0 Å². The monoisotopic (exact) mass is 507 g/mol. The molecule has 2 N–H and O–H groups in total. The van der Waals surface area contributed by atoms with Gasteiger partial charge in [-0.2, -0.15) is 13.2 Å². The molecule has 0 saturated carbocycles. The number of benzene rings is 1. The van der Waals surface area contributed by atoms with E-state index in [1.54, 1.807) is 4.90 Å². The average Bonchev–Trinajstić information content (AvgIpc) is 2.73. The number of pyridine rings is 1. The second-order valence-electron chi connectivity index (χ2n) is 7.23. The van der Waals surface area contributed by atoms with Crippen molar-refractivity contribution in [2.75, 3.05) is 31.6 Å². The van der Waals surface area contributed by atoms with Crippen molar-refractivity contribution in [1.29, 1.82) is 0 Å². The zero-order valence-corrected chi connectivity index (χ0v) is 18.9. The third kappa shape index (κ3) is 8.67. The number of nitrogens with one attached hydrogen (secondary N) is 1. The number of halogens is 5. The van der Waals surface area contributed by atoms with Gasteiger partial charge in [0, 0.05) is 18.3 Å². The maximum absolute atomic E-state index is 13.3. The summed E-state index contributed by atoms with van der Waals surface area (Å²) in [6.07, 6.45) is -5.42. The number of carbonyl (C=O) groups excluding carboxylic acids is 1. The lowest BCUT2D eigenvalue weighted by Crippen LogP contribution is -2.49. The summed E-state index contributed by atoms with van der Waals surface area (Å²) < 4.78 is 56.3. The van der Waals surface area contributed by atoms with Gasteiger partial charge in [0.05, 0.1) is 18.2 Å². The summed E-state index contributed by atoms with van der Waals surface area (Å²) in [5.74, 6) is -2.42. The second-order valence-corrected chi connectivity index (χ2v) is 7.64. The normalized spacial score (nSPS) is 15.7. The summed E-state index contributed by atoms with van der Waals surface area (Å²) in [5, 5.41) is 10.3. The molecule has 3 rings (SSSR count). The molecular weight excluding hydrogens is 486 g/mol. The van der Waals surface area contributed by atoms with Gasteiger partial charge in [-0.25, -0.2) is 19.0 Å². The van der Waals surface area contributed by atoms with Crippen LogP contribution in [0.4, 0.5) is 28.2 Å². The van der Waals surface area contributed by atoms with Crippen LogP contribution in [0, 0.1) is 19.7 Å². The van der Waals surface area contributed by atoms with Crippen molar-refractivity contribution in [1.82, 2.24) is 9.88 Å². The first-order valence-electron chi connectivity index (χ1n) is 9.86. The van der Waals surface area contributed by atoms with Gasteiger partial charge in [0.2, 0.25) is 0 Å². The topological polar surface area (TPSA) is 101 Å². The SMILES string of the molecule is Cc1cc(C)nc(NC(=O)N2CCOC(COc3cc(F)ccc3Cl)C2)c1.O=C(O)C(F)(F)F. The van der Waals surface area contributed by atoms with Crippen LogP contribution in [-0.4, -0.2) is 65.6 Å². The molecular formula is C21H22ClF4N3O5. The van der Waals surface area contributed by atoms with Crippen molar-refractivity contribution in [3.05, 3.63) is 52.4 Å².